The Hall–Kier alpha value is -3.83. The number of rotatable bonds is 8. The van der Waals surface area contributed by atoms with Crippen LogP contribution in [0.4, 0.5) is 11.5 Å². The van der Waals surface area contributed by atoms with Gasteiger partial charge in [0.25, 0.3) is 11.8 Å². The van der Waals surface area contributed by atoms with Crippen LogP contribution in [-0.4, -0.2) is 49.1 Å². The number of amides is 2. The molecule has 0 aliphatic heterocycles. The van der Waals surface area contributed by atoms with E-state index in [1.807, 2.05) is 13.0 Å². The van der Waals surface area contributed by atoms with Crippen LogP contribution in [0.3, 0.4) is 0 Å². The van der Waals surface area contributed by atoms with Gasteiger partial charge in [0.05, 0.1) is 22.8 Å². The van der Waals surface area contributed by atoms with Crippen molar-refractivity contribution in [3.05, 3.63) is 71.7 Å². The van der Waals surface area contributed by atoms with E-state index in [-0.39, 0.29) is 39.5 Å². The second-order valence-corrected chi connectivity index (χ2v) is 11.6. The number of carbonyl (C=O) groups is 2. The fraction of sp³-hybridized carbons (Fsp3) is 0.333. The van der Waals surface area contributed by atoms with E-state index in [2.05, 4.69) is 20.6 Å². The molecule has 1 aliphatic rings. The van der Waals surface area contributed by atoms with Gasteiger partial charge in [0.15, 0.2) is 15.5 Å². The van der Waals surface area contributed by atoms with Crippen molar-refractivity contribution in [2.45, 2.75) is 43.5 Å². The molecular weight excluding hydrogens is 506 g/mol. The molecule has 11 heteroatoms. The molecule has 0 saturated heterocycles. The standard InChI is InChI=1S/C27H31N5O5S/c1-17-5-12-24(30-15-17)32-27(34)25-22(4-3-13-29-25)31-26(33)21-11-10-20(38(2,35)36)14-23(21)37-16-18-6-8-19(28)9-7-18/h3-5,10-15,18-19H,6-9,16,28H2,1-2H3,(H,31,33)(H,30,32,34). The van der Waals surface area contributed by atoms with Crippen molar-refractivity contribution < 1.29 is 22.7 Å². The molecule has 1 aliphatic carbocycles. The average Bonchev–Trinajstić information content (AvgIpc) is 2.89. The zero-order chi connectivity index (χ0) is 27.3. The van der Waals surface area contributed by atoms with Gasteiger partial charge in [-0.2, -0.15) is 0 Å². The van der Waals surface area contributed by atoms with Crippen LogP contribution in [0.25, 0.3) is 0 Å². The number of hydrogen-bond donors (Lipinski definition) is 3. The lowest BCUT2D eigenvalue weighted by atomic mass is 9.87. The number of nitrogens with two attached hydrogens (primary N) is 1. The zero-order valence-electron chi connectivity index (χ0n) is 21.3. The topological polar surface area (TPSA) is 153 Å². The highest BCUT2D eigenvalue weighted by atomic mass is 32.2. The molecule has 4 rings (SSSR count). The summed E-state index contributed by atoms with van der Waals surface area (Å²) >= 11 is 0. The number of sulfone groups is 1. The van der Waals surface area contributed by atoms with Crippen molar-refractivity contribution in [3.8, 4) is 5.75 Å². The summed E-state index contributed by atoms with van der Waals surface area (Å²) in [7, 11) is -3.52. The number of aromatic nitrogens is 2. The van der Waals surface area contributed by atoms with E-state index < -0.39 is 21.7 Å². The summed E-state index contributed by atoms with van der Waals surface area (Å²) in [5, 5.41) is 5.39. The van der Waals surface area contributed by atoms with Crippen molar-refractivity contribution in [1.82, 2.24) is 9.97 Å². The summed E-state index contributed by atoms with van der Waals surface area (Å²) < 4.78 is 30.3. The molecule has 1 fully saturated rings. The minimum absolute atomic E-state index is 0.00278. The molecule has 0 unspecified atom stereocenters. The Kier molecular flexibility index (Phi) is 8.38. The van der Waals surface area contributed by atoms with Crippen LogP contribution in [-0.2, 0) is 9.84 Å². The Morgan fingerprint density at radius 1 is 1.03 bits per heavy atom. The van der Waals surface area contributed by atoms with Crippen LogP contribution in [0.15, 0.2) is 59.8 Å². The number of hydrogen-bond acceptors (Lipinski definition) is 8. The number of nitrogens with zero attached hydrogens (tertiary/aromatic N) is 2. The van der Waals surface area contributed by atoms with Crippen molar-refractivity contribution in [2.24, 2.45) is 11.7 Å². The minimum atomic E-state index is -3.52. The molecule has 1 saturated carbocycles. The molecule has 10 nitrogen and oxygen atoms in total. The zero-order valence-corrected chi connectivity index (χ0v) is 22.1. The molecule has 2 aromatic heterocycles. The molecule has 4 N–H and O–H groups in total. The Balaban J connectivity index is 1.55. The fourth-order valence-electron chi connectivity index (χ4n) is 4.20. The van der Waals surface area contributed by atoms with Gasteiger partial charge in [0, 0.05) is 24.7 Å². The molecule has 38 heavy (non-hydrogen) atoms. The molecule has 2 heterocycles. The van der Waals surface area contributed by atoms with Gasteiger partial charge in [-0.25, -0.2) is 18.4 Å². The highest BCUT2D eigenvalue weighted by molar-refractivity contribution is 7.90. The second kappa shape index (κ2) is 11.7. The molecular formula is C27H31N5O5S. The lowest BCUT2D eigenvalue weighted by Gasteiger charge is -2.26. The number of anilines is 2. The van der Waals surface area contributed by atoms with Crippen LogP contribution in [0.2, 0.25) is 0 Å². The molecule has 200 valence electrons. The van der Waals surface area contributed by atoms with E-state index >= 15 is 0 Å². The van der Waals surface area contributed by atoms with Gasteiger partial charge >= 0.3 is 0 Å². The molecule has 2 amide bonds. The Morgan fingerprint density at radius 3 is 2.47 bits per heavy atom. The number of ether oxygens (including phenoxy) is 1. The van der Waals surface area contributed by atoms with Crippen molar-refractivity contribution >= 4 is 33.2 Å². The fourth-order valence-corrected chi connectivity index (χ4v) is 4.83. The van der Waals surface area contributed by atoms with Gasteiger partial charge in [0.1, 0.15) is 11.6 Å². The highest BCUT2D eigenvalue weighted by Crippen LogP contribution is 2.28. The predicted octanol–water partition coefficient (Wildman–Crippen LogP) is 3.59. The lowest BCUT2D eigenvalue weighted by Crippen LogP contribution is -2.29. The number of aryl methyl sites for hydroxylation is 1. The minimum Gasteiger partial charge on any atom is -0.492 e. The van der Waals surface area contributed by atoms with E-state index in [1.54, 1.807) is 24.4 Å². The van der Waals surface area contributed by atoms with Crippen LogP contribution in [0.5, 0.6) is 5.75 Å². The first-order chi connectivity index (χ1) is 18.1. The van der Waals surface area contributed by atoms with E-state index in [0.29, 0.717) is 12.4 Å². The van der Waals surface area contributed by atoms with Gasteiger partial charge in [-0.3, -0.25) is 9.59 Å². The second-order valence-electron chi connectivity index (χ2n) is 9.55. The van der Waals surface area contributed by atoms with Crippen LogP contribution < -0.4 is 21.1 Å². The number of benzene rings is 1. The maximum atomic E-state index is 13.3. The Morgan fingerprint density at radius 2 is 1.79 bits per heavy atom. The summed E-state index contributed by atoms with van der Waals surface area (Å²) in [6.07, 6.45) is 7.76. The number of pyridine rings is 2. The third kappa shape index (κ3) is 6.93. The Labute approximate surface area is 221 Å². The first-order valence-electron chi connectivity index (χ1n) is 12.3. The normalized spacial score (nSPS) is 17.4. The molecule has 0 atom stereocenters. The summed E-state index contributed by atoms with van der Waals surface area (Å²) in [6.45, 7) is 2.22. The van der Waals surface area contributed by atoms with E-state index in [0.717, 1.165) is 37.5 Å². The van der Waals surface area contributed by atoms with Crippen LogP contribution >= 0.6 is 0 Å². The predicted molar refractivity (Wildman–Crippen MR) is 144 cm³/mol. The smallest absolute Gasteiger partial charge is 0.277 e. The van der Waals surface area contributed by atoms with E-state index in [9.17, 15) is 18.0 Å². The first kappa shape index (κ1) is 27.2. The van der Waals surface area contributed by atoms with Gasteiger partial charge in [-0.15, -0.1) is 0 Å². The summed E-state index contributed by atoms with van der Waals surface area (Å²) in [5.41, 5.74) is 7.26. The van der Waals surface area contributed by atoms with E-state index in [4.69, 9.17) is 10.5 Å². The average molecular weight is 538 g/mol. The summed E-state index contributed by atoms with van der Waals surface area (Å²) in [5.74, 6) is -0.354. The third-order valence-electron chi connectivity index (χ3n) is 6.42. The van der Waals surface area contributed by atoms with Gasteiger partial charge in [-0.1, -0.05) is 6.07 Å². The largest absolute Gasteiger partial charge is 0.492 e. The first-order valence-corrected chi connectivity index (χ1v) is 14.2. The van der Waals surface area contributed by atoms with Crippen molar-refractivity contribution in [1.29, 1.82) is 0 Å². The van der Waals surface area contributed by atoms with Crippen LogP contribution in [0.1, 0.15) is 52.1 Å². The molecule has 1 aromatic carbocycles. The lowest BCUT2D eigenvalue weighted by molar-refractivity contribution is 0.102. The van der Waals surface area contributed by atoms with Gasteiger partial charge in [-0.05, 0) is 80.5 Å². The maximum Gasteiger partial charge on any atom is 0.277 e. The van der Waals surface area contributed by atoms with Crippen LogP contribution in [0, 0.1) is 12.8 Å². The summed E-state index contributed by atoms with van der Waals surface area (Å²) in [6, 6.07) is 10.9. The molecule has 0 spiro atoms. The molecule has 0 bridgehead atoms. The molecule has 3 aromatic rings. The summed E-state index contributed by atoms with van der Waals surface area (Å²) in [4.78, 5) is 34.6. The highest BCUT2D eigenvalue weighted by Gasteiger charge is 2.23. The maximum absolute atomic E-state index is 13.3. The van der Waals surface area contributed by atoms with Crippen molar-refractivity contribution in [2.75, 3.05) is 23.5 Å². The number of carbonyl (C=O) groups excluding carboxylic acids is 2. The molecule has 0 radical (unpaired) electrons. The monoisotopic (exact) mass is 537 g/mol. The Bertz CT molecular complexity index is 1420. The number of nitrogens with one attached hydrogen (secondary N) is 2. The SMILES string of the molecule is Cc1ccc(NC(=O)c2ncccc2NC(=O)c2ccc(S(C)(=O)=O)cc2OCC2CCC(N)CC2)nc1. The quantitative estimate of drug-likeness (QED) is 0.394. The third-order valence-corrected chi connectivity index (χ3v) is 7.53. The van der Waals surface area contributed by atoms with Gasteiger partial charge < -0.3 is 21.1 Å². The van der Waals surface area contributed by atoms with Crippen molar-refractivity contribution in [3.63, 3.8) is 0 Å². The van der Waals surface area contributed by atoms with E-state index in [1.165, 1.54) is 24.4 Å². The van der Waals surface area contributed by atoms with Gasteiger partial charge in [0.2, 0.25) is 0 Å².